The molecule has 1 atom stereocenters. The Kier molecular flexibility index (Phi) is 6.86. The lowest BCUT2D eigenvalue weighted by atomic mass is 9.98. The molecule has 1 aromatic carbocycles. The molecule has 1 rings (SSSR count). The maximum Gasteiger partial charge on any atom is 0.316 e. The van der Waals surface area contributed by atoms with E-state index in [0.717, 1.165) is 24.8 Å². The molecule has 1 unspecified atom stereocenters. The average molecular weight is 262 g/mol. The van der Waals surface area contributed by atoms with Crippen molar-refractivity contribution in [1.82, 2.24) is 0 Å². The largest absolute Gasteiger partial charge is 0.460 e. The van der Waals surface area contributed by atoms with Crippen LogP contribution in [0.1, 0.15) is 45.1 Å². The third-order valence-corrected chi connectivity index (χ3v) is 3.10. The van der Waals surface area contributed by atoms with Gasteiger partial charge in [-0.3, -0.25) is 9.59 Å². The van der Waals surface area contributed by atoms with E-state index in [0.29, 0.717) is 6.42 Å². The normalized spacial score (nSPS) is 11.9. The van der Waals surface area contributed by atoms with Gasteiger partial charge < -0.3 is 4.74 Å². The number of Topliss-reactive ketones (excluding diaryl/α,β-unsaturated/α-hetero) is 1. The van der Waals surface area contributed by atoms with Crippen molar-refractivity contribution < 1.29 is 14.3 Å². The second kappa shape index (κ2) is 8.46. The smallest absolute Gasteiger partial charge is 0.316 e. The van der Waals surface area contributed by atoms with Crippen LogP contribution in [-0.2, 0) is 20.9 Å². The first-order valence-corrected chi connectivity index (χ1v) is 6.86. The summed E-state index contributed by atoms with van der Waals surface area (Å²) >= 11 is 0. The minimum atomic E-state index is -0.602. The fourth-order valence-corrected chi connectivity index (χ4v) is 1.91. The van der Waals surface area contributed by atoms with Gasteiger partial charge in [-0.2, -0.15) is 0 Å². The van der Waals surface area contributed by atoms with Crippen molar-refractivity contribution in [3.63, 3.8) is 0 Å². The fraction of sp³-hybridized carbons (Fsp3) is 0.500. The highest BCUT2D eigenvalue weighted by Crippen LogP contribution is 2.14. The van der Waals surface area contributed by atoms with Gasteiger partial charge in [-0.25, -0.2) is 0 Å². The van der Waals surface area contributed by atoms with E-state index in [1.807, 2.05) is 30.3 Å². The van der Waals surface area contributed by atoms with Crippen LogP contribution in [-0.4, -0.2) is 11.8 Å². The van der Waals surface area contributed by atoms with Crippen LogP contribution >= 0.6 is 0 Å². The molecule has 0 aliphatic rings. The maximum absolute atomic E-state index is 11.9. The number of carbonyl (C=O) groups excluding carboxylic acids is 2. The molecule has 19 heavy (non-hydrogen) atoms. The van der Waals surface area contributed by atoms with Gasteiger partial charge in [0.05, 0.1) is 0 Å². The molecule has 0 aliphatic heterocycles. The molecule has 0 N–H and O–H groups in total. The molecule has 0 saturated carbocycles. The van der Waals surface area contributed by atoms with Gasteiger partial charge in [0.25, 0.3) is 0 Å². The zero-order valence-corrected chi connectivity index (χ0v) is 11.7. The fourth-order valence-electron chi connectivity index (χ4n) is 1.91. The van der Waals surface area contributed by atoms with E-state index < -0.39 is 11.9 Å². The monoisotopic (exact) mass is 262 g/mol. The average Bonchev–Trinajstić information content (AvgIpc) is 2.42. The molecular formula is C16H22O3. The molecule has 0 saturated heterocycles. The zero-order valence-electron chi connectivity index (χ0n) is 11.7. The molecule has 3 nitrogen and oxygen atoms in total. The molecular weight excluding hydrogens is 240 g/mol. The van der Waals surface area contributed by atoms with Gasteiger partial charge in [-0.05, 0) is 18.9 Å². The first-order valence-electron chi connectivity index (χ1n) is 6.86. The molecule has 0 radical (unpaired) electrons. The second-order valence-electron chi connectivity index (χ2n) is 4.75. The van der Waals surface area contributed by atoms with Gasteiger partial charge in [0.2, 0.25) is 0 Å². The maximum atomic E-state index is 11.9. The topological polar surface area (TPSA) is 43.4 Å². The van der Waals surface area contributed by atoms with Gasteiger partial charge >= 0.3 is 5.97 Å². The summed E-state index contributed by atoms with van der Waals surface area (Å²) in [6.07, 6.45) is 3.59. The van der Waals surface area contributed by atoms with Crippen molar-refractivity contribution in [1.29, 1.82) is 0 Å². The molecule has 0 amide bonds. The van der Waals surface area contributed by atoms with E-state index in [2.05, 4.69) is 6.92 Å². The molecule has 0 spiro atoms. The van der Waals surface area contributed by atoms with Crippen molar-refractivity contribution in [2.45, 2.75) is 46.1 Å². The van der Waals surface area contributed by atoms with Crippen molar-refractivity contribution >= 4 is 11.8 Å². The first kappa shape index (κ1) is 15.4. The summed E-state index contributed by atoms with van der Waals surface area (Å²) in [7, 11) is 0. The van der Waals surface area contributed by atoms with E-state index >= 15 is 0 Å². The highest BCUT2D eigenvalue weighted by molar-refractivity contribution is 5.97. The number of hydrogen-bond donors (Lipinski definition) is 0. The van der Waals surface area contributed by atoms with Gasteiger partial charge in [-0.1, -0.05) is 56.5 Å². The van der Waals surface area contributed by atoms with E-state index in [-0.39, 0.29) is 12.4 Å². The van der Waals surface area contributed by atoms with E-state index in [1.165, 1.54) is 6.92 Å². The summed E-state index contributed by atoms with van der Waals surface area (Å²) in [5.41, 5.74) is 0.937. The number of rotatable bonds is 8. The quantitative estimate of drug-likeness (QED) is 0.409. The van der Waals surface area contributed by atoms with Crippen molar-refractivity contribution in [2.75, 3.05) is 0 Å². The lowest BCUT2D eigenvalue weighted by molar-refractivity contribution is -0.153. The number of ketones is 1. The van der Waals surface area contributed by atoms with Crippen LogP contribution in [0.4, 0.5) is 0 Å². The van der Waals surface area contributed by atoms with E-state index in [4.69, 9.17) is 4.74 Å². The second-order valence-corrected chi connectivity index (χ2v) is 4.75. The molecule has 0 heterocycles. The van der Waals surface area contributed by atoms with E-state index in [1.54, 1.807) is 0 Å². The third kappa shape index (κ3) is 5.69. The van der Waals surface area contributed by atoms with Crippen molar-refractivity contribution in [3.05, 3.63) is 35.9 Å². The van der Waals surface area contributed by atoms with Crippen LogP contribution in [0.3, 0.4) is 0 Å². The summed E-state index contributed by atoms with van der Waals surface area (Å²) in [5, 5.41) is 0. The number of ether oxygens (including phenoxy) is 1. The molecule has 0 aromatic heterocycles. The summed E-state index contributed by atoms with van der Waals surface area (Å²) in [5.74, 6) is -1.10. The molecule has 0 aliphatic carbocycles. The van der Waals surface area contributed by atoms with Gasteiger partial charge in [0.15, 0.2) is 0 Å². The first-order chi connectivity index (χ1) is 9.15. The molecule has 0 bridgehead atoms. The Hall–Kier alpha value is -1.64. The standard InChI is InChI=1S/C16H22O3/c1-3-4-6-11-15(13(2)17)16(18)19-12-14-9-7-5-8-10-14/h5,7-10,15H,3-4,6,11-12H2,1-2H3. The van der Waals surface area contributed by atoms with Crippen LogP contribution in [0, 0.1) is 5.92 Å². The van der Waals surface area contributed by atoms with Gasteiger partial charge in [0, 0.05) is 0 Å². The minimum absolute atomic E-state index is 0.103. The lowest BCUT2D eigenvalue weighted by Gasteiger charge is -2.13. The summed E-state index contributed by atoms with van der Waals surface area (Å²) < 4.78 is 5.22. The Morgan fingerprint density at radius 3 is 2.42 bits per heavy atom. The number of benzene rings is 1. The number of hydrogen-bond acceptors (Lipinski definition) is 3. The van der Waals surface area contributed by atoms with E-state index in [9.17, 15) is 9.59 Å². The van der Waals surface area contributed by atoms with Gasteiger partial charge in [-0.15, -0.1) is 0 Å². The summed E-state index contributed by atoms with van der Waals surface area (Å²) in [4.78, 5) is 23.4. The highest BCUT2D eigenvalue weighted by atomic mass is 16.5. The molecule has 0 fully saturated rings. The van der Waals surface area contributed by atoms with Crippen LogP contribution in [0.15, 0.2) is 30.3 Å². The SMILES string of the molecule is CCCCCC(C(C)=O)C(=O)OCc1ccccc1. The predicted octanol–water partition coefficient (Wildman–Crippen LogP) is 3.52. The lowest BCUT2D eigenvalue weighted by Crippen LogP contribution is -2.24. The Bertz CT molecular complexity index is 398. The van der Waals surface area contributed by atoms with Gasteiger partial charge in [0.1, 0.15) is 18.3 Å². The third-order valence-electron chi connectivity index (χ3n) is 3.10. The Labute approximate surface area is 115 Å². The van der Waals surface area contributed by atoms with Crippen LogP contribution in [0.2, 0.25) is 0 Å². The molecule has 3 heteroatoms. The summed E-state index contributed by atoms with van der Waals surface area (Å²) in [6, 6.07) is 9.49. The Balaban J connectivity index is 2.46. The number of unbranched alkanes of at least 4 members (excludes halogenated alkanes) is 2. The predicted molar refractivity (Wildman–Crippen MR) is 74.6 cm³/mol. The number of esters is 1. The van der Waals surface area contributed by atoms with Crippen LogP contribution < -0.4 is 0 Å². The van der Waals surface area contributed by atoms with Crippen LogP contribution in [0.5, 0.6) is 0 Å². The minimum Gasteiger partial charge on any atom is -0.460 e. The summed E-state index contributed by atoms with van der Waals surface area (Å²) in [6.45, 7) is 3.79. The van der Waals surface area contributed by atoms with Crippen molar-refractivity contribution in [2.24, 2.45) is 5.92 Å². The number of carbonyl (C=O) groups is 2. The molecule has 104 valence electrons. The van der Waals surface area contributed by atoms with Crippen LogP contribution in [0.25, 0.3) is 0 Å². The van der Waals surface area contributed by atoms with Crippen molar-refractivity contribution in [3.8, 4) is 0 Å². The Morgan fingerprint density at radius 2 is 1.84 bits per heavy atom. The molecule has 1 aromatic rings. The Morgan fingerprint density at radius 1 is 1.16 bits per heavy atom. The zero-order chi connectivity index (χ0) is 14.1. The highest BCUT2D eigenvalue weighted by Gasteiger charge is 2.24.